The molecule has 180 valence electrons. The number of hydrogen-bond acceptors (Lipinski definition) is 10. The summed E-state index contributed by atoms with van der Waals surface area (Å²) in [7, 11) is 4.24. The number of rotatable bonds is 5. The maximum absolute atomic E-state index is 11.6. The van der Waals surface area contributed by atoms with Crippen LogP contribution in [0.2, 0.25) is 0 Å². The quantitative estimate of drug-likeness (QED) is 0.304. The average molecular weight is 472 g/mol. The van der Waals surface area contributed by atoms with Crippen molar-refractivity contribution in [3.05, 3.63) is 59.2 Å². The van der Waals surface area contributed by atoms with Crippen molar-refractivity contribution in [1.82, 2.24) is 0 Å². The smallest absolute Gasteiger partial charge is 0.262 e. The average Bonchev–Trinajstić information content (AvgIpc) is 2.81. The summed E-state index contributed by atoms with van der Waals surface area (Å²) in [5, 5.41) is 63.6. The van der Waals surface area contributed by atoms with Crippen LogP contribution in [0.3, 0.4) is 0 Å². The number of fused-ring (bicyclic) bond motifs is 1. The summed E-state index contributed by atoms with van der Waals surface area (Å²) < 4.78 is 22.0. The Morgan fingerprint density at radius 2 is 1.41 bits per heavy atom. The molecule has 4 rings (SSSR count). The Balaban J connectivity index is 2.03. The van der Waals surface area contributed by atoms with Crippen molar-refractivity contribution in [2.45, 2.75) is 17.8 Å². The fourth-order valence-corrected chi connectivity index (χ4v) is 4.22. The minimum absolute atomic E-state index is 0.0553. The fraction of sp³-hybridized carbons (Fsp3) is 0.250. The van der Waals surface area contributed by atoms with Crippen LogP contribution in [-0.4, -0.2) is 58.1 Å². The van der Waals surface area contributed by atoms with Crippen LogP contribution in [0.25, 0.3) is 0 Å². The van der Waals surface area contributed by atoms with Crippen molar-refractivity contribution in [1.29, 1.82) is 0 Å². The Bertz CT molecular complexity index is 1220. The molecule has 0 saturated heterocycles. The normalized spacial score (nSPS) is 21.3. The SMILES string of the molecule is COc1cc(OC)c(C2c3c(O)cc(O)cc3OC(O)(c3ccc(O)c(O)c3)[C@@H]2O)c(OC)c1. The standard InChI is InChI=1S/C24H24O10/c1-31-13-9-17(32-2)21(18(10-13)33-3)22-20-16(28)7-12(25)8-19(20)34-24(30,23(22)29)11-4-5-14(26)15(27)6-11/h4-10,22-23,25-30H,1-3H3/t22?,23-,24?/m1/s1. The molecule has 3 aromatic rings. The lowest BCUT2D eigenvalue weighted by molar-refractivity contribution is -0.227. The zero-order chi connectivity index (χ0) is 24.8. The third kappa shape index (κ3) is 3.53. The van der Waals surface area contributed by atoms with E-state index in [1.54, 1.807) is 12.1 Å². The van der Waals surface area contributed by atoms with Gasteiger partial charge in [0.05, 0.1) is 27.2 Å². The minimum atomic E-state index is -2.49. The van der Waals surface area contributed by atoms with Crippen LogP contribution in [0.4, 0.5) is 0 Å². The third-order valence-corrected chi connectivity index (χ3v) is 5.85. The van der Waals surface area contributed by atoms with E-state index in [0.29, 0.717) is 5.75 Å². The Labute approximate surface area is 194 Å². The number of ether oxygens (including phenoxy) is 4. The number of aromatic hydroxyl groups is 4. The van der Waals surface area contributed by atoms with Crippen molar-refractivity contribution < 1.29 is 49.6 Å². The van der Waals surface area contributed by atoms with Crippen LogP contribution in [0, 0.1) is 0 Å². The van der Waals surface area contributed by atoms with Gasteiger partial charge in [-0.05, 0) is 18.2 Å². The highest BCUT2D eigenvalue weighted by molar-refractivity contribution is 5.63. The van der Waals surface area contributed by atoms with Gasteiger partial charge in [-0.2, -0.15) is 0 Å². The van der Waals surface area contributed by atoms with Gasteiger partial charge in [-0.25, -0.2) is 0 Å². The van der Waals surface area contributed by atoms with Gasteiger partial charge in [-0.1, -0.05) is 0 Å². The largest absolute Gasteiger partial charge is 0.508 e. The van der Waals surface area contributed by atoms with Gasteiger partial charge in [0.25, 0.3) is 5.79 Å². The summed E-state index contributed by atoms with van der Waals surface area (Å²) in [4.78, 5) is 0. The Kier molecular flexibility index (Phi) is 5.72. The van der Waals surface area contributed by atoms with Crippen LogP contribution >= 0.6 is 0 Å². The van der Waals surface area contributed by atoms with Gasteiger partial charge in [-0.15, -0.1) is 0 Å². The molecule has 0 aliphatic carbocycles. The lowest BCUT2D eigenvalue weighted by Crippen LogP contribution is -2.51. The molecule has 0 aromatic heterocycles. The number of aliphatic hydroxyl groups is 2. The molecule has 6 N–H and O–H groups in total. The maximum Gasteiger partial charge on any atom is 0.262 e. The summed E-state index contributed by atoms with van der Waals surface area (Å²) in [6.45, 7) is 0. The predicted molar refractivity (Wildman–Crippen MR) is 118 cm³/mol. The summed E-state index contributed by atoms with van der Waals surface area (Å²) in [5.41, 5.74) is 0.213. The maximum atomic E-state index is 11.6. The van der Waals surface area contributed by atoms with Crippen LogP contribution in [0.1, 0.15) is 22.6 Å². The molecule has 3 atom stereocenters. The van der Waals surface area contributed by atoms with Crippen molar-refractivity contribution in [3.8, 4) is 46.0 Å². The van der Waals surface area contributed by atoms with E-state index in [2.05, 4.69) is 0 Å². The van der Waals surface area contributed by atoms with Gasteiger partial charge in [0.2, 0.25) is 0 Å². The van der Waals surface area contributed by atoms with Gasteiger partial charge in [0, 0.05) is 41.0 Å². The van der Waals surface area contributed by atoms with Gasteiger partial charge in [0.1, 0.15) is 40.6 Å². The van der Waals surface area contributed by atoms with Gasteiger partial charge in [0.15, 0.2) is 11.5 Å². The molecule has 10 nitrogen and oxygen atoms in total. The Morgan fingerprint density at radius 3 is 1.97 bits per heavy atom. The molecular formula is C24H24O10. The van der Waals surface area contributed by atoms with E-state index in [0.717, 1.165) is 18.2 Å². The van der Waals surface area contributed by atoms with Gasteiger partial charge in [-0.3, -0.25) is 0 Å². The van der Waals surface area contributed by atoms with Crippen molar-refractivity contribution in [2.24, 2.45) is 0 Å². The zero-order valence-corrected chi connectivity index (χ0v) is 18.5. The Hall–Kier alpha value is -4.02. The van der Waals surface area contributed by atoms with E-state index >= 15 is 0 Å². The van der Waals surface area contributed by atoms with Crippen LogP contribution in [-0.2, 0) is 5.79 Å². The first-order chi connectivity index (χ1) is 16.1. The summed E-state index contributed by atoms with van der Waals surface area (Å²) >= 11 is 0. The van der Waals surface area contributed by atoms with E-state index in [1.165, 1.54) is 33.5 Å². The molecule has 1 aliphatic heterocycles. The lowest BCUT2D eigenvalue weighted by Gasteiger charge is -2.43. The molecule has 0 fully saturated rings. The second kappa shape index (κ2) is 8.40. The molecule has 0 amide bonds. The van der Waals surface area contributed by atoms with Gasteiger partial charge >= 0.3 is 0 Å². The molecule has 0 bridgehead atoms. The molecule has 1 heterocycles. The fourth-order valence-electron chi connectivity index (χ4n) is 4.22. The molecule has 3 aromatic carbocycles. The number of benzene rings is 3. The van der Waals surface area contributed by atoms with Crippen LogP contribution < -0.4 is 18.9 Å². The number of phenols is 4. The minimum Gasteiger partial charge on any atom is -0.508 e. The van der Waals surface area contributed by atoms with Crippen molar-refractivity contribution in [2.75, 3.05) is 21.3 Å². The van der Waals surface area contributed by atoms with E-state index in [-0.39, 0.29) is 39.7 Å². The molecule has 0 radical (unpaired) electrons. The summed E-state index contributed by atoms with van der Waals surface area (Å²) in [6, 6.07) is 8.74. The Morgan fingerprint density at radius 1 is 0.765 bits per heavy atom. The number of phenolic OH excluding ortho intramolecular Hbond substituents is 4. The molecule has 0 spiro atoms. The number of aliphatic hydroxyl groups excluding tert-OH is 1. The molecule has 34 heavy (non-hydrogen) atoms. The number of hydrogen-bond donors (Lipinski definition) is 6. The van der Waals surface area contributed by atoms with E-state index in [4.69, 9.17) is 18.9 Å². The topological polar surface area (TPSA) is 158 Å². The van der Waals surface area contributed by atoms with E-state index in [9.17, 15) is 30.6 Å². The third-order valence-electron chi connectivity index (χ3n) is 5.85. The molecule has 1 aliphatic rings. The summed E-state index contributed by atoms with van der Waals surface area (Å²) in [6.07, 6.45) is -1.80. The van der Waals surface area contributed by atoms with Crippen LogP contribution in [0.5, 0.6) is 46.0 Å². The molecule has 0 saturated carbocycles. The van der Waals surface area contributed by atoms with E-state index < -0.39 is 35.1 Å². The monoisotopic (exact) mass is 472 g/mol. The highest BCUT2D eigenvalue weighted by Crippen LogP contribution is 2.55. The first kappa shape index (κ1) is 23.1. The van der Waals surface area contributed by atoms with Crippen molar-refractivity contribution >= 4 is 0 Å². The predicted octanol–water partition coefficient (Wildman–Crippen LogP) is 2.27. The summed E-state index contributed by atoms with van der Waals surface area (Å²) in [5.74, 6) is -4.75. The highest BCUT2D eigenvalue weighted by Gasteiger charge is 2.53. The van der Waals surface area contributed by atoms with Gasteiger partial charge < -0.3 is 49.6 Å². The second-order valence-corrected chi connectivity index (χ2v) is 7.75. The second-order valence-electron chi connectivity index (χ2n) is 7.75. The van der Waals surface area contributed by atoms with Crippen LogP contribution in [0.15, 0.2) is 42.5 Å². The highest BCUT2D eigenvalue weighted by atomic mass is 16.6. The zero-order valence-electron chi connectivity index (χ0n) is 18.5. The van der Waals surface area contributed by atoms with E-state index in [1.807, 2.05) is 0 Å². The first-order valence-corrected chi connectivity index (χ1v) is 10.1. The molecule has 10 heteroatoms. The molecule has 2 unspecified atom stereocenters. The first-order valence-electron chi connectivity index (χ1n) is 10.1. The number of methoxy groups -OCH3 is 3. The van der Waals surface area contributed by atoms with Crippen molar-refractivity contribution in [3.63, 3.8) is 0 Å². The molecular weight excluding hydrogens is 448 g/mol. The lowest BCUT2D eigenvalue weighted by atomic mass is 9.77.